The number of methoxy groups -OCH3 is 1. The van der Waals surface area contributed by atoms with E-state index in [2.05, 4.69) is 14.8 Å². The maximum atomic E-state index is 9.97. The van der Waals surface area contributed by atoms with Crippen LogP contribution in [0.4, 0.5) is 0 Å². The first kappa shape index (κ1) is 16.7. The summed E-state index contributed by atoms with van der Waals surface area (Å²) >= 11 is 1.50. The summed E-state index contributed by atoms with van der Waals surface area (Å²) in [6.45, 7) is 3.12. The Bertz CT molecular complexity index is 439. The van der Waals surface area contributed by atoms with Crippen molar-refractivity contribution in [3.8, 4) is 0 Å². The summed E-state index contributed by atoms with van der Waals surface area (Å²) in [6, 6.07) is 0.483. The second kappa shape index (κ2) is 8.09. The maximum absolute atomic E-state index is 9.97. The Morgan fingerprint density at radius 2 is 2.19 bits per heavy atom. The van der Waals surface area contributed by atoms with Crippen LogP contribution in [-0.2, 0) is 16.0 Å². The van der Waals surface area contributed by atoms with Crippen molar-refractivity contribution in [2.75, 3.05) is 26.1 Å². The predicted molar refractivity (Wildman–Crippen MR) is 80.2 cm³/mol. The summed E-state index contributed by atoms with van der Waals surface area (Å²) in [5.41, 5.74) is 5.68. The molecule has 1 aromatic heterocycles. The van der Waals surface area contributed by atoms with E-state index in [4.69, 9.17) is 15.2 Å². The van der Waals surface area contributed by atoms with E-state index in [1.54, 1.807) is 7.11 Å². The quantitative estimate of drug-likeness (QED) is 0.609. The molecule has 7 nitrogen and oxygen atoms in total. The van der Waals surface area contributed by atoms with E-state index in [-0.39, 0.29) is 6.10 Å². The number of hydrogen-bond donors (Lipinski definition) is 2. The maximum Gasteiger partial charge on any atom is 0.191 e. The van der Waals surface area contributed by atoms with Crippen LogP contribution in [0.2, 0.25) is 0 Å². The number of nitrogens with two attached hydrogens (primary N) is 1. The van der Waals surface area contributed by atoms with E-state index in [0.717, 1.165) is 23.8 Å². The molecule has 21 heavy (non-hydrogen) atoms. The zero-order valence-corrected chi connectivity index (χ0v) is 13.4. The van der Waals surface area contributed by atoms with E-state index in [0.29, 0.717) is 31.6 Å². The second-order valence-electron chi connectivity index (χ2n) is 5.27. The van der Waals surface area contributed by atoms with Crippen LogP contribution in [0.1, 0.15) is 31.6 Å². The summed E-state index contributed by atoms with van der Waals surface area (Å²) in [7, 11) is 1.63. The SMILES string of the molecule is COCC(C)OCC(O)CSc1nnc(CN)n1C1CC1. The molecule has 0 radical (unpaired) electrons. The van der Waals surface area contributed by atoms with Crippen molar-refractivity contribution in [2.24, 2.45) is 5.73 Å². The van der Waals surface area contributed by atoms with Crippen LogP contribution in [0.15, 0.2) is 5.16 Å². The van der Waals surface area contributed by atoms with Gasteiger partial charge in [-0.2, -0.15) is 0 Å². The number of thioether (sulfide) groups is 1. The molecule has 2 unspecified atom stereocenters. The lowest BCUT2D eigenvalue weighted by atomic mass is 10.4. The highest BCUT2D eigenvalue weighted by Gasteiger charge is 2.29. The number of nitrogens with zero attached hydrogens (tertiary/aromatic N) is 3. The van der Waals surface area contributed by atoms with Gasteiger partial charge in [-0.05, 0) is 19.8 Å². The van der Waals surface area contributed by atoms with Crippen molar-refractivity contribution in [1.82, 2.24) is 14.8 Å². The first-order valence-corrected chi connectivity index (χ1v) is 8.19. The minimum absolute atomic E-state index is 0.0198. The topological polar surface area (TPSA) is 95.4 Å². The summed E-state index contributed by atoms with van der Waals surface area (Å²) in [6.07, 6.45) is 1.74. The van der Waals surface area contributed by atoms with Gasteiger partial charge in [0.2, 0.25) is 0 Å². The molecule has 0 aliphatic heterocycles. The van der Waals surface area contributed by atoms with Gasteiger partial charge in [0, 0.05) is 18.9 Å². The smallest absolute Gasteiger partial charge is 0.191 e. The van der Waals surface area contributed by atoms with E-state index >= 15 is 0 Å². The molecular formula is C13H24N4O3S. The van der Waals surface area contributed by atoms with Gasteiger partial charge in [-0.15, -0.1) is 10.2 Å². The molecule has 1 fully saturated rings. The van der Waals surface area contributed by atoms with Gasteiger partial charge >= 0.3 is 0 Å². The van der Waals surface area contributed by atoms with Gasteiger partial charge in [0.25, 0.3) is 0 Å². The Morgan fingerprint density at radius 1 is 1.43 bits per heavy atom. The fourth-order valence-corrected chi connectivity index (χ4v) is 2.95. The minimum atomic E-state index is -0.542. The molecule has 0 aromatic carbocycles. The Morgan fingerprint density at radius 3 is 2.81 bits per heavy atom. The Kier molecular flexibility index (Phi) is 6.43. The summed E-state index contributed by atoms with van der Waals surface area (Å²) in [5, 5.41) is 19.1. The number of rotatable bonds is 10. The fourth-order valence-electron chi connectivity index (χ4n) is 2.02. The highest BCUT2D eigenvalue weighted by molar-refractivity contribution is 7.99. The molecule has 3 N–H and O–H groups in total. The van der Waals surface area contributed by atoms with Gasteiger partial charge in [-0.1, -0.05) is 11.8 Å². The number of aliphatic hydroxyl groups is 1. The standard InChI is InChI=1S/C13H24N4O3S/c1-9(6-19-2)20-7-11(18)8-21-13-16-15-12(5-14)17(13)10-3-4-10/h9-11,18H,3-8,14H2,1-2H3. The van der Waals surface area contributed by atoms with Crippen molar-refractivity contribution < 1.29 is 14.6 Å². The molecule has 1 heterocycles. The molecule has 0 spiro atoms. The lowest BCUT2D eigenvalue weighted by Crippen LogP contribution is -2.24. The van der Waals surface area contributed by atoms with Gasteiger partial charge in [-0.3, -0.25) is 0 Å². The van der Waals surface area contributed by atoms with Crippen LogP contribution in [0.5, 0.6) is 0 Å². The number of aromatic nitrogens is 3. The van der Waals surface area contributed by atoms with Crippen LogP contribution in [0.3, 0.4) is 0 Å². The highest BCUT2D eigenvalue weighted by atomic mass is 32.2. The fraction of sp³-hybridized carbons (Fsp3) is 0.846. The minimum Gasteiger partial charge on any atom is -0.390 e. The van der Waals surface area contributed by atoms with Gasteiger partial charge in [0.1, 0.15) is 5.82 Å². The van der Waals surface area contributed by atoms with Crippen LogP contribution in [0.25, 0.3) is 0 Å². The van der Waals surface area contributed by atoms with E-state index in [9.17, 15) is 5.11 Å². The average Bonchev–Trinajstić information content (AvgIpc) is 3.23. The van der Waals surface area contributed by atoms with Crippen LogP contribution in [0, 0.1) is 0 Å². The molecular weight excluding hydrogens is 292 g/mol. The molecule has 1 aromatic rings. The molecule has 0 saturated heterocycles. The third kappa shape index (κ3) is 4.93. The van der Waals surface area contributed by atoms with E-state index in [1.165, 1.54) is 11.8 Å². The summed E-state index contributed by atoms with van der Waals surface area (Å²) in [4.78, 5) is 0. The van der Waals surface area contributed by atoms with Gasteiger partial charge < -0.3 is 24.9 Å². The third-order valence-corrected chi connectivity index (χ3v) is 4.30. The van der Waals surface area contributed by atoms with Crippen LogP contribution < -0.4 is 5.73 Å². The Balaban J connectivity index is 1.78. The van der Waals surface area contributed by atoms with Crippen molar-refractivity contribution >= 4 is 11.8 Å². The molecule has 2 atom stereocenters. The number of ether oxygens (including phenoxy) is 2. The second-order valence-corrected chi connectivity index (χ2v) is 6.26. The van der Waals surface area contributed by atoms with Crippen molar-refractivity contribution in [2.45, 2.75) is 49.7 Å². The zero-order chi connectivity index (χ0) is 15.2. The first-order valence-electron chi connectivity index (χ1n) is 7.21. The van der Waals surface area contributed by atoms with E-state index in [1.807, 2.05) is 6.92 Å². The summed E-state index contributed by atoms with van der Waals surface area (Å²) in [5.74, 6) is 1.34. The van der Waals surface area contributed by atoms with Gasteiger partial charge in [-0.25, -0.2) is 0 Å². The van der Waals surface area contributed by atoms with Gasteiger partial charge in [0.15, 0.2) is 5.16 Å². The Labute approximate surface area is 129 Å². The largest absolute Gasteiger partial charge is 0.390 e. The molecule has 2 rings (SSSR count). The lowest BCUT2D eigenvalue weighted by Gasteiger charge is -2.15. The first-order chi connectivity index (χ1) is 10.2. The predicted octanol–water partition coefficient (Wildman–Crippen LogP) is 0.576. The van der Waals surface area contributed by atoms with E-state index < -0.39 is 6.10 Å². The highest BCUT2D eigenvalue weighted by Crippen LogP contribution is 2.38. The molecule has 0 amide bonds. The molecule has 1 aliphatic carbocycles. The Hall–Kier alpha value is -0.670. The number of hydrogen-bond acceptors (Lipinski definition) is 7. The molecule has 1 aliphatic rings. The van der Waals surface area contributed by atoms with Crippen molar-refractivity contribution in [3.05, 3.63) is 5.82 Å². The summed E-state index contributed by atoms with van der Waals surface area (Å²) < 4.78 is 12.6. The third-order valence-electron chi connectivity index (χ3n) is 3.21. The van der Waals surface area contributed by atoms with Crippen LogP contribution in [-0.4, -0.2) is 58.2 Å². The van der Waals surface area contributed by atoms with Crippen LogP contribution >= 0.6 is 11.8 Å². The molecule has 1 saturated carbocycles. The van der Waals surface area contributed by atoms with Crippen molar-refractivity contribution in [3.63, 3.8) is 0 Å². The molecule has 8 heteroatoms. The monoisotopic (exact) mass is 316 g/mol. The normalized spacial score (nSPS) is 17.9. The lowest BCUT2D eigenvalue weighted by molar-refractivity contribution is -0.0257. The zero-order valence-electron chi connectivity index (χ0n) is 12.6. The average molecular weight is 316 g/mol. The van der Waals surface area contributed by atoms with Crippen molar-refractivity contribution in [1.29, 1.82) is 0 Å². The number of aliphatic hydroxyl groups excluding tert-OH is 1. The molecule has 120 valence electrons. The molecule has 0 bridgehead atoms. The van der Waals surface area contributed by atoms with Gasteiger partial charge in [0.05, 0.1) is 32.0 Å².